The molecule has 1 aliphatic heterocycles. The van der Waals surface area contributed by atoms with Crippen molar-refractivity contribution >= 4 is 69.8 Å². The topological polar surface area (TPSA) is 58.6 Å². The van der Waals surface area contributed by atoms with E-state index in [9.17, 15) is 9.59 Å². The molecular formula is C24H19Cl3N2O3S. The van der Waals surface area contributed by atoms with Gasteiger partial charge in [-0.15, -0.1) is 11.8 Å². The fourth-order valence-corrected chi connectivity index (χ4v) is 5.07. The number of hydrogen-bond donors (Lipinski definition) is 1. The minimum absolute atomic E-state index is 0.0108. The van der Waals surface area contributed by atoms with Crippen molar-refractivity contribution in [3.63, 3.8) is 0 Å². The van der Waals surface area contributed by atoms with E-state index in [0.717, 1.165) is 16.8 Å². The fourth-order valence-electron chi connectivity index (χ4n) is 3.35. The molecule has 1 heterocycles. The maximum atomic E-state index is 12.5. The Hall–Kier alpha value is -2.38. The van der Waals surface area contributed by atoms with Gasteiger partial charge in [0, 0.05) is 21.4 Å². The SMILES string of the molecule is Cc1ccc(NC(=O)COc2ccc([C@H]3SCC(=O)N3c3ccc(Cl)cc3)cc2Cl)cc1Cl. The van der Waals surface area contributed by atoms with Gasteiger partial charge in [0.15, 0.2) is 6.61 Å². The van der Waals surface area contributed by atoms with Crippen LogP contribution in [0.4, 0.5) is 11.4 Å². The lowest BCUT2D eigenvalue weighted by atomic mass is 10.1. The predicted molar refractivity (Wildman–Crippen MR) is 136 cm³/mol. The first-order valence-electron chi connectivity index (χ1n) is 9.99. The zero-order valence-corrected chi connectivity index (χ0v) is 20.6. The Morgan fingerprint density at radius 2 is 1.82 bits per heavy atom. The van der Waals surface area contributed by atoms with Crippen molar-refractivity contribution in [2.75, 3.05) is 22.6 Å². The summed E-state index contributed by atoms with van der Waals surface area (Å²) < 4.78 is 5.61. The van der Waals surface area contributed by atoms with E-state index in [2.05, 4.69) is 5.32 Å². The summed E-state index contributed by atoms with van der Waals surface area (Å²) in [4.78, 5) is 26.5. The number of nitrogens with one attached hydrogen (secondary N) is 1. The number of aryl methyl sites for hydroxylation is 1. The molecule has 1 aliphatic rings. The van der Waals surface area contributed by atoms with Gasteiger partial charge in [0.25, 0.3) is 5.91 Å². The minimum atomic E-state index is -0.332. The van der Waals surface area contributed by atoms with E-state index in [1.54, 1.807) is 41.3 Å². The monoisotopic (exact) mass is 520 g/mol. The van der Waals surface area contributed by atoms with Crippen LogP contribution >= 0.6 is 46.6 Å². The number of anilines is 2. The summed E-state index contributed by atoms with van der Waals surface area (Å²) in [5.41, 5.74) is 3.14. The quantitative estimate of drug-likeness (QED) is 0.390. The lowest BCUT2D eigenvalue weighted by molar-refractivity contribution is -0.118. The number of halogens is 3. The zero-order chi connectivity index (χ0) is 23.5. The highest BCUT2D eigenvalue weighted by Gasteiger charge is 2.34. The molecule has 2 amide bonds. The van der Waals surface area contributed by atoms with Crippen molar-refractivity contribution in [1.82, 2.24) is 0 Å². The molecule has 170 valence electrons. The lowest BCUT2D eigenvalue weighted by Crippen LogP contribution is -2.27. The van der Waals surface area contributed by atoms with Gasteiger partial charge in [-0.25, -0.2) is 0 Å². The van der Waals surface area contributed by atoms with Gasteiger partial charge in [-0.05, 0) is 66.6 Å². The zero-order valence-electron chi connectivity index (χ0n) is 17.5. The Bertz CT molecular complexity index is 1200. The summed E-state index contributed by atoms with van der Waals surface area (Å²) >= 11 is 20.0. The van der Waals surface area contributed by atoms with Gasteiger partial charge in [-0.3, -0.25) is 14.5 Å². The molecule has 1 saturated heterocycles. The highest BCUT2D eigenvalue weighted by atomic mass is 35.5. The van der Waals surface area contributed by atoms with Crippen LogP contribution in [0.1, 0.15) is 16.5 Å². The van der Waals surface area contributed by atoms with Crippen LogP contribution in [-0.2, 0) is 9.59 Å². The number of ether oxygens (including phenoxy) is 1. The second-order valence-electron chi connectivity index (χ2n) is 7.39. The molecule has 0 radical (unpaired) electrons. The Morgan fingerprint density at radius 1 is 1.06 bits per heavy atom. The summed E-state index contributed by atoms with van der Waals surface area (Å²) in [5.74, 6) is 0.425. The van der Waals surface area contributed by atoms with Gasteiger partial charge < -0.3 is 10.1 Å². The van der Waals surface area contributed by atoms with E-state index in [4.69, 9.17) is 39.5 Å². The minimum Gasteiger partial charge on any atom is -0.482 e. The number of thioether (sulfide) groups is 1. The summed E-state index contributed by atoms with van der Waals surface area (Å²) in [6.45, 7) is 1.68. The Balaban J connectivity index is 1.43. The number of hydrogen-bond acceptors (Lipinski definition) is 4. The lowest BCUT2D eigenvalue weighted by Gasteiger charge is -2.25. The third-order valence-corrected chi connectivity index (χ3v) is 7.20. The maximum Gasteiger partial charge on any atom is 0.262 e. The average molecular weight is 522 g/mol. The van der Waals surface area contributed by atoms with Crippen molar-refractivity contribution in [2.24, 2.45) is 0 Å². The van der Waals surface area contributed by atoms with Crippen molar-refractivity contribution in [1.29, 1.82) is 0 Å². The molecule has 3 aromatic rings. The predicted octanol–water partition coefficient (Wildman–Crippen LogP) is 6.75. The first kappa shape index (κ1) is 23.8. The molecular weight excluding hydrogens is 503 g/mol. The van der Waals surface area contributed by atoms with Crippen LogP contribution < -0.4 is 15.0 Å². The molecule has 9 heteroatoms. The summed E-state index contributed by atoms with van der Waals surface area (Å²) in [6.07, 6.45) is 0. The van der Waals surface area contributed by atoms with Crippen LogP contribution in [0, 0.1) is 6.92 Å². The maximum absolute atomic E-state index is 12.5. The van der Waals surface area contributed by atoms with Crippen molar-refractivity contribution in [3.05, 3.63) is 86.9 Å². The van der Waals surface area contributed by atoms with Crippen LogP contribution in [0.5, 0.6) is 5.75 Å². The molecule has 0 spiro atoms. The largest absolute Gasteiger partial charge is 0.482 e. The standard InChI is InChI=1S/C24H19Cl3N2O3S/c1-14-2-6-17(11-19(14)26)28-22(30)12-32-21-9-3-15(10-20(21)27)24-29(23(31)13-33-24)18-7-4-16(25)5-8-18/h2-11,24H,12-13H2,1H3,(H,28,30)/t24-/m1/s1. The third-order valence-electron chi connectivity index (χ3n) is 5.03. The van der Waals surface area contributed by atoms with Gasteiger partial charge in [-0.2, -0.15) is 0 Å². The second-order valence-corrected chi connectivity index (χ2v) is 9.71. The Morgan fingerprint density at radius 3 is 2.52 bits per heavy atom. The molecule has 1 N–H and O–H groups in total. The van der Waals surface area contributed by atoms with Gasteiger partial charge in [-0.1, -0.05) is 46.9 Å². The molecule has 0 bridgehead atoms. The van der Waals surface area contributed by atoms with E-state index in [-0.39, 0.29) is 23.8 Å². The molecule has 0 saturated carbocycles. The number of carbonyl (C=O) groups is 2. The molecule has 0 aliphatic carbocycles. The number of nitrogens with zero attached hydrogens (tertiary/aromatic N) is 1. The molecule has 1 atom stereocenters. The number of benzene rings is 3. The molecule has 0 unspecified atom stereocenters. The first-order valence-corrected chi connectivity index (χ1v) is 12.2. The van der Waals surface area contributed by atoms with Crippen LogP contribution in [0.2, 0.25) is 15.1 Å². The summed E-state index contributed by atoms with van der Waals surface area (Å²) in [7, 11) is 0. The van der Waals surface area contributed by atoms with E-state index in [1.807, 2.05) is 31.2 Å². The normalized spacial score (nSPS) is 15.6. The molecule has 1 fully saturated rings. The van der Waals surface area contributed by atoms with Crippen molar-refractivity contribution < 1.29 is 14.3 Å². The van der Waals surface area contributed by atoms with Gasteiger partial charge >= 0.3 is 0 Å². The van der Waals surface area contributed by atoms with Gasteiger partial charge in [0.1, 0.15) is 11.1 Å². The first-order chi connectivity index (χ1) is 15.8. The van der Waals surface area contributed by atoms with Crippen LogP contribution in [0.3, 0.4) is 0 Å². The number of rotatable bonds is 6. The van der Waals surface area contributed by atoms with Crippen molar-refractivity contribution in [3.8, 4) is 5.75 Å². The van der Waals surface area contributed by atoms with E-state index >= 15 is 0 Å². The average Bonchev–Trinajstić information content (AvgIpc) is 3.17. The number of carbonyl (C=O) groups excluding carboxylic acids is 2. The number of amides is 2. The Kier molecular flexibility index (Phi) is 7.39. The van der Waals surface area contributed by atoms with E-state index < -0.39 is 0 Å². The van der Waals surface area contributed by atoms with Gasteiger partial charge in [0.05, 0.1) is 10.8 Å². The van der Waals surface area contributed by atoms with Gasteiger partial charge in [0.2, 0.25) is 5.91 Å². The smallest absolute Gasteiger partial charge is 0.262 e. The molecule has 3 aromatic carbocycles. The summed E-state index contributed by atoms with van der Waals surface area (Å²) in [5, 5.41) is 4.05. The fraction of sp³-hybridized carbons (Fsp3) is 0.167. The van der Waals surface area contributed by atoms with E-state index in [1.165, 1.54) is 11.8 Å². The third kappa shape index (κ3) is 5.58. The molecule has 4 rings (SSSR count). The molecule has 33 heavy (non-hydrogen) atoms. The summed E-state index contributed by atoms with van der Waals surface area (Å²) in [6, 6.07) is 17.7. The van der Waals surface area contributed by atoms with E-state index in [0.29, 0.717) is 32.3 Å². The van der Waals surface area contributed by atoms with Crippen LogP contribution in [-0.4, -0.2) is 24.2 Å². The highest BCUT2D eigenvalue weighted by molar-refractivity contribution is 8.00. The Labute approximate surface area is 211 Å². The highest BCUT2D eigenvalue weighted by Crippen LogP contribution is 2.43. The van der Waals surface area contributed by atoms with Crippen LogP contribution in [0.25, 0.3) is 0 Å². The molecule has 0 aromatic heterocycles. The van der Waals surface area contributed by atoms with Crippen molar-refractivity contribution in [2.45, 2.75) is 12.3 Å². The second kappa shape index (κ2) is 10.3. The molecule has 5 nitrogen and oxygen atoms in total. The van der Waals surface area contributed by atoms with Crippen LogP contribution in [0.15, 0.2) is 60.7 Å².